The number of nitrogens with zero attached hydrogens (tertiary/aromatic N) is 2. The number of aryl methyl sites for hydroxylation is 2. The molecule has 2 aromatic heterocycles. The molecule has 1 amide bonds. The monoisotopic (exact) mass is 835 g/mol. The van der Waals surface area contributed by atoms with Crippen molar-refractivity contribution < 1.29 is 26.4 Å². The first kappa shape index (κ1) is 39.8. The molecule has 59 heavy (non-hydrogen) atoms. The third-order valence-corrected chi connectivity index (χ3v) is 11.9. The molecule has 2 aliphatic carbocycles. The number of pyridine rings is 2. The van der Waals surface area contributed by atoms with Crippen LogP contribution < -0.4 is 35.1 Å². The highest BCUT2D eigenvalue weighted by Crippen LogP contribution is 2.36. The maximum atomic E-state index is 12.9. The van der Waals surface area contributed by atoms with Gasteiger partial charge in [0, 0.05) is 17.3 Å². The molecule has 15 nitrogen and oxygen atoms in total. The van der Waals surface area contributed by atoms with Crippen LogP contribution in [0.5, 0.6) is 0 Å². The number of hydrogen-bond donors (Lipinski definition) is 7. The molecule has 8 rings (SSSR count). The molecule has 7 N–H and O–H groups in total. The van der Waals surface area contributed by atoms with Gasteiger partial charge in [-0.05, 0) is 135 Å². The number of hydrazine groups is 1. The molecule has 0 saturated heterocycles. The number of carbonyl (C=O) groups is 1. The van der Waals surface area contributed by atoms with Crippen molar-refractivity contribution in [3.05, 3.63) is 131 Å². The summed E-state index contributed by atoms with van der Waals surface area (Å²) in [7, 11) is -8.14. The van der Waals surface area contributed by atoms with Crippen LogP contribution in [0.15, 0.2) is 103 Å². The van der Waals surface area contributed by atoms with Gasteiger partial charge in [0.1, 0.15) is 17.2 Å². The van der Waals surface area contributed by atoms with E-state index in [1.54, 1.807) is 57.2 Å². The minimum atomic E-state index is -4.22. The lowest BCUT2D eigenvalue weighted by Crippen LogP contribution is -2.40. The average Bonchev–Trinajstić information content (AvgIpc) is 3.76. The number of nitrogens with one attached hydrogen (secondary N) is 7. The zero-order valence-corrected chi connectivity index (χ0v) is 34.3. The fraction of sp³-hybridized carbons (Fsp3) is 0.262. The number of fused-ring (bicyclic) bond motifs is 4. The Hall–Kier alpha value is -6.01. The summed E-state index contributed by atoms with van der Waals surface area (Å²) in [5.41, 5.74) is 9.96. The molecular formula is C42H45N9O6S2. The molecule has 4 aromatic carbocycles. The van der Waals surface area contributed by atoms with E-state index in [0.717, 1.165) is 59.1 Å². The van der Waals surface area contributed by atoms with Gasteiger partial charge < -0.3 is 15.4 Å². The van der Waals surface area contributed by atoms with Crippen molar-refractivity contribution >= 4 is 71.3 Å². The highest BCUT2D eigenvalue weighted by molar-refractivity contribution is 7.91. The summed E-state index contributed by atoms with van der Waals surface area (Å²) >= 11 is 0. The lowest BCUT2D eigenvalue weighted by Gasteiger charge is -2.19. The van der Waals surface area contributed by atoms with Crippen LogP contribution in [-0.2, 0) is 44.5 Å². The van der Waals surface area contributed by atoms with Gasteiger partial charge in [-0.15, -0.1) is 4.83 Å². The molecule has 0 spiro atoms. The van der Waals surface area contributed by atoms with E-state index in [1.165, 1.54) is 11.1 Å². The Morgan fingerprint density at radius 3 is 1.88 bits per heavy atom. The molecule has 0 saturated carbocycles. The largest absolute Gasteiger partial charge is 0.443 e. The summed E-state index contributed by atoms with van der Waals surface area (Å²) < 4.78 is 62.6. The molecule has 17 heteroatoms. The smallest absolute Gasteiger partial charge is 0.422 e. The van der Waals surface area contributed by atoms with Crippen LogP contribution in [0, 0.1) is 0 Å². The normalized spacial score (nSPS) is 16.3. The lowest BCUT2D eigenvalue weighted by atomic mass is 10.0. The predicted molar refractivity (Wildman–Crippen MR) is 230 cm³/mol. The predicted octanol–water partition coefficient (Wildman–Crippen LogP) is 7.11. The van der Waals surface area contributed by atoms with E-state index in [0.29, 0.717) is 22.4 Å². The Morgan fingerprint density at radius 1 is 0.678 bits per heavy atom. The summed E-state index contributed by atoms with van der Waals surface area (Å²) in [6.45, 7) is 5.18. The number of carbonyl (C=O) groups excluding carboxylic acids is 1. The van der Waals surface area contributed by atoms with Gasteiger partial charge in [0.2, 0.25) is 0 Å². The number of rotatable bonds is 13. The summed E-state index contributed by atoms with van der Waals surface area (Å²) in [6, 6.07) is 32.4. The van der Waals surface area contributed by atoms with Crippen LogP contribution in [0.2, 0.25) is 0 Å². The molecule has 2 aliphatic rings. The topological polar surface area (TPSA) is 205 Å². The number of benzene rings is 4. The Balaban J connectivity index is 0.825. The Kier molecular flexibility index (Phi) is 10.8. The van der Waals surface area contributed by atoms with Gasteiger partial charge in [-0.2, -0.15) is 16.8 Å². The molecule has 0 aliphatic heterocycles. The Labute approximate surface area is 343 Å². The highest BCUT2D eigenvalue weighted by atomic mass is 32.2. The van der Waals surface area contributed by atoms with Gasteiger partial charge >= 0.3 is 26.5 Å². The first-order valence-corrected chi connectivity index (χ1v) is 22.2. The molecule has 0 fully saturated rings. The van der Waals surface area contributed by atoms with Crippen LogP contribution in [0.3, 0.4) is 0 Å². The second kappa shape index (κ2) is 16.0. The summed E-state index contributed by atoms with van der Waals surface area (Å²) in [5.74, 6) is 1.44. The van der Waals surface area contributed by atoms with E-state index in [-0.39, 0.29) is 24.3 Å². The fourth-order valence-electron chi connectivity index (χ4n) is 7.54. The van der Waals surface area contributed by atoms with Gasteiger partial charge in [0.25, 0.3) is 0 Å². The van der Waals surface area contributed by atoms with Crippen molar-refractivity contribution in [3.63, 3.8) is 0 Å². The van der Waals surface area contributed by atoms with E-state index >= 15 is 0 Å². The molecule has 0 bridgehead atoms. The van der Waals surface area contributed by atoms with Crippen molar-refractivity contribution in [2.24, 2.45) is 0 Å². The molecule has 2 heterocycles. The van der Waals surface area contributed by atoms with Crippen molar-refractivity contribution in [1.82, 2.24) is 24.9 Å². The maximum absolute atomic E-state index is 12.9. The van der Waals surface area contributed by atoms with Gasteiger partial charge in [0.15, 0.2) is 0 Å². The van der Waals surface area contributed by atoms with Crippen molar-refractivity contribution in [2.75, 3.05) is 20.1 Å². The van der Waals surface area contributed by atoms with Gasteiger partial charge in [-0.25, -0.2) is 24.9 Å². The van der Waals surface area contributed by atoms with Crippen LogP contribution in [-0.4, -0.2) is 38.5 Å². The van der Waals surface area contributed by atoms with Crippen molar-refractivity contribution in [2.45, 2.75) is 70.7 Å². The Bertz CT molecular complexity index is 2800. The third-order valence-electron chi connectivity index (χ3n) is 10.1. The quantitative estimate of drug-likeness (QED) is 0.0584. The van der Waals surface area contributed by atoms with E-state index in [9.17, 15) is 21.6 Å². The zero-order chi connectivity index (χ0) is 41.4. The van der Waals surface area contributed by atoms with E-state index in [4.69, 9.17) is 14.7 Å². The molecule has 0 unspecified atom stereocenters. The number of anilines is 4. The van der Waals surface area contributed by atoms with Gasteiger partial charge in [-0.1, -0.05) is 42.5 Å². The summed E-state index contributed by atoms with van der Waals surface area (Å²) in [6.07, 6.45) is 2.66. The number of aromatic nitrogens is 2. The molecule has 2 atom stereocenters. The highest BCUT2D eigenvalue weighted by Gasteiger charge is 2.25. The summed E-state index contributed by atoms with van der Waals surface area (Å²) in [5, 5.41) is 8.57. The minimum absolute atomic E-state index is 0.0227. The second-order valence-electron chi connectivity index (χ2n) is 15.7. The zero-order valence-electron chi connectivity index (χ0n) is 32.7. The average molecular weight is 836 g/mol. The van der Waals surface area contributed by atoms with Gasteiger partial charge in [-0.3, -0.25) is 9.44 Å². The van der Waals surface area contributed by atoms with Crippen molar-refractivity contribution in [1.29, 1.82) is 0 Å². The fourth-order valence-corrected chi connectivity index (χ4v) is 9.04. The second-order valence-corrected chi connectivity index (χ2v) is 18.5. The maximum Gasteiger partial charge on any atom is 0.422 e. The van der Waals surface area contributed by atoms with E-state index in [2.05, 4.69) is 60.7 Å². The lowest BCUT2D eigenvalue weighted by molar-refractivity contribution is 0.0570. The van der Waals surface area contributed by atoms with Crippen molar-refractivity contribution in [3.8, 4) is 0 Å². The van der Waals surface area contributed by atoms with E-state index in [1.807, 2.05) is 41.1 Å². The third kappa shape index (κ3) is 9.83. The first-order valence-electron chi connectivity index (χ1n) is 19.2. The number of hydrogen-bond acceptors (Lipinski definition) is 11. The molecule has 6 aromatic rings. The van der Waals surface area contributed by atoms with Crippen LogP contribution in [0.1, 0.15) is 73.5 Å². The molecule has 0 radical (unpaired) electrons. The standard InChI is InChI=1S/C42H45N9O6S2/c1-42(2,3)57-41(52)50-58(53,54)48-31-13-18-35-29(23-31)11-21-40(45-35)47-38-17-10-28-22-26(8-15-34(28)38)25-43-51-59(55,56)49-32-14-19-36-30(24-32)12-20-39(44-36)46-37-16-9-27-6-4-5-7-33(27)37/h4-8,11-15,18-24,37-38,43,48-49,51H,9-10,16-17,25H2,1-3H3,(H,44,46)(H,45,47)(H,50,52)/t37-,38-/m1/s1. The van der Waals surface area contributed by atoms with Gasteiger partial charge in [0.05, 0.1) is 34.5 Å². The van der Waals surface area contributed by atoms with Crippen LogP contribution in [0.4, 0.5) is 27.8 Å². The number of ether oxygens (including phenoxy) is 1. The SMILES string of the molecule is CC(C)(C)OC(=O)NS(=O)(=O)Nc1ccc2nc(N[C@@H]3CCc4cc(CNNS(=O)(=O)Nc5ccc6nc(N[C@@H]7CCc8ccccc87)ccc6c5)ccc43)ccc2c1. The minimum Gasteiger partial charge on any atom is -0.443 e. The Morgan fingerprint density at radius 2 is 1.25 bits per heavy atom. The van der Waals surface area contributed by atoms with Crippen LogP contribution >= 0.6 is 0 Å². The first-order chi connectivity index (χ1) is 28.1. The van der Waals surface area contributed by atoms with E-state index < -0.39 is 32.1 Å². The molecule has 306 valence electrons. The molecular weight excluding hydrogens is 791 g/mol. The van der Waals surface area contributed by atoms with Crippen LogP contribution in [0.25, 0.3) is 21.8 Å². The number of amides is 1. The summed E-state index contributed by atoms with van der Waals surface area (Å²) in [4.78, 5) is 23.9.